The van der Waals surface area contributed by atoms with E-state index in [1.807, 2.05) is 12.1 Å². The summed E-state index contributed by atoms with van der Waals surface area (Å²) in [6, 6.07) is 12.5. The van der Waals surface area contributed by atoms with Gasteiger partial charge in [0.25, 0.3) is 17.5 Å². The predicted octanol–water partition coefficient (Wildman–Crippen LogP) is 2.61. The number of rotatable bonds is 14. The zero-order valence-electron chi connectivity index (χ0n) is 21.7. The van der Waals surface area contributed by atoms with Crippen LogP contribution in [0.15, 0.2) is 54.2 Å². The van der Waals surface area contributed by atoms with Gasteiger partial charge in [0, 0.05) is 44.4 Å². The SMILES string of the molecule is CC(=O)NCCCCCCNC(=O)NCCc1ccc(NC2=C(c3cccc([N+](=O)[O-])c3)C(=O)NC2=O)cc1. The maximum atomic E-state index is 12.4. The van der Waals surface area contributed by atoms with Crippen LogP contribution in [0.4, 0.5) is 16.2 Å². The van der Waals surface area contributed by atoms with E-state index in [2.05, 4.69) is 26.6 Å². The largest absolute Gasteiger partial charge is 0.356 e. The summed E-state index contributed by atoms with van der Waals surface area (Å²) in [5.41, 5.74) is 1.64. The molecule has 1 heterocycles. The van der Waals surface area contributed by atoms with Gasteiger partial charge in [-0.1, -0.05) is 37.1 Å². The second-order valence-electron chi connectivity index (χ2n) is 8.99. The molecule has 0 atom stereocenters. The van der Waals surface area contributed by atoms with Gasteiger partial charge in [-0.3, -0.25) is 29.8 Å². The fraction of sp³-hybridized carbons (Fsp3) is 0.333. The van der Waals surface area contributed by atoms with Crippen LogP contribution in [0, 0.1) is 10.1 Å². The van der Waals surface area contributed by atoms with E-state index in [9.17, 15) is 29.3 Å². The Morgan fingerprint density at radius 1 is 0.872 bits per heavy atom. The lowest BCUT2D eigenvalue weighted by Crippen LogP contribution is -2.37. The number of benzene rings is 2. The minimum Gasteiger partial charge on any atom is -0.356 e. The zero-order valence-corrected chi connectivity index (χ0v) is 21.7. The molecular weight excluding hydrogens is 504 g/mol. The smallest absolute Gasteiger partial charge is 0.314 e. The molecule has 0 spiro atoms. The zero-order chi connectivity index (χ0) is 28.2. The number of hydrogen-bond acceptors (Lipinski definition) is 7. The van der Waals surface area contributed by atoms with Crippen LogP contribution in [0.3, 0.4) is 0 Å². The third kappa shape index (κ3) is 8.95. The first-order chi connectivity index (χ1) is 18.7. The molecule has 12 nitrogen and oxygen atoms in total. The Hall–Kier alpha value is -4.74. The van der Waals surface area contributed by atoms with Crippen molar-refractivity contribution >= 4 is 40.7 Å². The van der Waals surface area contributed by atoms with Crippen molar-refractivity contribution in [1.29, 1.82) is 0 Å². The number of nitro benzene ring substituents is 1. The first-order valence-corrected chi connectivity index (χ1v) is 12.7. The first-order valence-electron chi connectivity index (χ1n) is 12.7. The van der Waals surface area contributed by atoms with Crippen LogP contribution in [0.1, 0.15) is 43.7 Å². The van der Waals surface area contributed by atoms with E-state index in [1.54, 1.807) is 12.1 Å². The Balaban J connectivity index is 1.45. The summed E-state index contributed by atoms with van der Waals surface area (Å²) in [7, 11) is 0. The van der Waals surface area contributed by atoms with Crippen LogP contribution < -0.4 is 26.6 Å². The van der Waals surface area contributed by atoms with Crippen molar-refractivity contribution in [3.63, 3.8) is 0 Å². The molecule has 5 N–H and O–H groups in total. The number of urea groups is 1. The summed E-state index contributed by atoms with van der Waals surface area (Å²) in [6.07, 6.45) is 4.34. The number of amides is 5. The number of carbonyl (C=O) groups excluding carboxylic acids is 4. The minimum absolute atomic E-state index is 0.0133. The predicted molar refractivity (Wildman–Crippen MR) is 145 cm³/mol. The molecule has 12 heteroatoms. The quantitative estimate of drug-likeness (QED) is 0.107. The molecule has 0 aromatic heterocycles. The molecule has 0 bridgehead atoms. The maximum Gasteiger partial charge on any atom is 0.314 e. The van der Waals surface area contributed by atoms with E-state index in [0.29, 0.717) is 31.7 Å². The molecule has 206 valence electrons. The second-order valence-corrected chi connectivity index (χ2v) is 8.99. The normalized spacial score (nSPS) is 12.6. The van der Waals surface area contributed by atoms with Crippen LogP contribution in [-0.2, 0) is 20.8 Å². The third-order valence-electron chi connectivity index (χ3n) is 5.96. The number of unbranched alkanes of at least 4 members (excludes halogenated alkanes) is 3. The average molecular weight is 537 g/mol. The molecule has 5 amide bonds. The van der Waals surface area contributed by atoms with Crippen molar-refractivity contribution in [2.75, 3.05) is 25.0 Å². The van der Waals surface area contributed by atoms with Crippen molar-refractivity contribution in [3.05, 3.63) is 75.5 Å². The highest BCUT2D eigenvalue weighted by molar-refractivity contribution is 6.36. The van der Waals surface area contributed by atoms with E-state index < -0.39 is 16.7 Å². The number of nitrogens with one attached hydrogen (secondary N) is 5. The van der Waals surface area contributed by atoms with Gasteiger partial charge in [-0.2, -0.15) is 0 Å². The fourth-order valence-electron chi connectivity index (χ4n) is 3.98. The van der Waals surface area contributed by atoms with Gasteiger partial charge in [-0.05, 0) is 42.5 Å². The Bertz CT molecular complexity index is 1260. The summed E-state index contributed by atoms with van der Waals surface area (Å²) in [6.45, 7) is 3.19. The molecule has 3 rings (SSSR count). The Morgan fingerprint density at radius 3 is 2.21 bits per heavy atom. The number of nitro groups is 1. The van der Waals surface area contributed by atoms with Crippen molar-refractivity contribution in [2.45, 2.75) is 39.0 Å². The van der Waals surface area contributed by atoms with Gasteiger partial charge < -0.3 is 21.3 Å². The summed E-state index contributed by atoms with van der Waals surface area (Å²) < 4.78 is 0. The van der Waals surface area contributed by atoms with Crippen molar-refractivity contribution in [1.82, 2.24) is 21.3 Å². The first kappa shape index (κ1) is 28.8. The standard InChI is InChI=1S/C27H32N6O6/c1-18(34)28-14-4-2-3-5-15-29-27(37)30-16-13-19-9-11-21(12-10-19)31-24-23(25(35)32-26(24)36)20-7-6-8-22(17-20)33(38)39/h6-12,17H,2-5,13-16H2,1H3,(H,28,34)(H2,29,30,37)(H2,31,32,35,36). The summed E-state index contributed by atoms with van der Waals surface area (Å²) in [4.78, 5) is 58.1. The number of anilines is 1. The lowest BCUT2D eigenvalue weighted by molar-refractivity contribution is -0.384. The highest BCUT2D eigenvalue weighted by Gasteiger charge is 2.32. The molecule has 0 aliphatic carbocycles. The van der Waals surface area contributed by atoms with Crippen LogP contribution in [0.25, 0.3) is 5.57 Å². The summed E-state index contributed by atoms with van der Waals surface area (Å²) in [5, 5.41) is 24.7. The van der Waals surface area contributed by atoms with E-state index in [4.69, 9.17) is 0 Å². The Kier molecular flexibility index (Phi) is 10.5. The maximum absolute atomic E-state index is 12.4. The monoisotopic (exact) mass is 536 g/mol. The van der Waals surface area contributed by atoms with Crippen molar-refractivity contribution in [2.24, 2.45) is 0 Å². The number of carbonyl (C=O) groups is 4. The van der Waals surface area contributed by atoms with E-state index in [1.165, 1.54) is 31.2 Å². The van der Waals surface area contributed by atoms with Gasteiger partial charge in [-0.25, -0.2) is 4.79 Å². The lowest BCUT2D eigenvalue weighted by atomic mass is 10.0. The molecule has 0 fully saturated rings. The Morgan fingerprint density at radius 2 is 1.54 bits per heavy atom. The summed E-state index contributed by atoms with van der Waals surface area (Å²) >= 11 is 0. The summed E-state index contributed by atoms with van der Waals surface area (Å²) in [5.74, 6) is -1.28. The van der Waals surface area contributed by atoms with Gasteiger partial charge in [0.15, 0.2) is 0 Å². The van der Waals surface area contributed by atoms with Gasteiger partial charge in [0.1, 0.15) is 5.70 Å². The van der Waals surface area contributed by atoms with Crippen LogP contribution >= 0.6 is 0 Å². The topological polar surface area (TPSA) is 172 Å². The van der Waals surface area contributed by atoms with Crippen LogP contribution in [0.2, 0.25) is 0 Å². The average Bonchev–Trinajstić information content (AvgIpc) is 3.18. The van der Waals surface area contributed by atoms with Gasteiger partial charge in [-0.15, -0.1) is 0 Å². The van der Waals surface area contributed by atoms with E-state index in [0.717, 1.165) is 31.2 Å². The second kappa shape index (κ2) is 14.3. The van der Waals surface area contributed by atoms with Crippen LogP contribution in [0.5, 0.6) is 0 Å². The Labute approximate surface area is 225 Å². The molecule has 1 aliphatic heterocycles. The van der Waals surface area contributed by atoms with Gasteiger partial charge >= 0.3 is 6.03 Å². The molecule has 0 unspecified atom stereocenters. The molecule has 0 saturated carbocycles. The van der Waals surface area contributed by atoms with Gasteiger partial charge in [0.05, 0.1) is 10.5 Å². The van der Waals surface area contributed by atoms with E-state index in [-0.39, 0.29) is 34.5 Å². The highest BCUT2D eigenvalue weighted by atomic mass is 16.6. The molecular formula is C27H32N6O6. The third-order valence-corrected chi connectivity index (χ3v) is 5.96. The van der Waals surface area contributed by atoms with Gasteiger partial charge in [0.2, 0.25) is 5.91 Å². The van der Waals surface area contributed by atoms with Crippen LogP contribution in [-0.4, -0.2) is 48.3 Å². The minimum atomic E-state index is -0.633. The van der Waals surface area contributed by atoms with Crippen molar-refractivity contribution in [3.8, 4) is 0 Å². The highest BCUT2D eigenvalue weighted by Crippen LogP contribution is 2.28. The van der Waals surface area contributed by atoms with E-state index >= 15 is 0 Å². The number of imide groups is 1. The molecule has 2 aromatic carbocycles. The number of non-ortho nitro benzene ring substituents is 1. The lowest BCUT2D eigenvalue weighted by Gasteiger charge is -2.10. The molecule has 2 aromatic rings. The molecule has 0 radical (unpaired) electrons. The molecule has 0 saturated heterocycles. The van der Waals surface area contributed by atoms with Crippen molar-refractivity contribution < 1.29 is 24.1 Å². The fourth-order valence-corrected chi connectivity index (χ4v) is 3.98. The number of hydrogen-bond donors (Lipinski definition) is 5. The molecule has 1 aliphatic rings. The molecule has 39 heavy (non-hydrogen) atoms. The number of nitrogens with zero attached hydrogens (tertiary/aromatic N) is 1.